The molecular weight excluding hydrogens is 316 g/mol. The Balaban J connectivity index is 1.60. The molecular formula is C19H26N4O2. The number of aromatic nitrogens is 1. The number of carbonyl (C=O) groups is 1. The standard InChI is InChI=1S/C19H26N4O2/c1-13-17(14(2)25-21-13)12-23(4)19(24)20-11-15-9-10-22(3)18-8-6-5-7-16(15)18/h5-8,15H,9-12H2,1-4H3,(H,20,24). The molecule has 0 radical (unpaired) electrons. The van der Waals surface area contributed by atoms with Gasteiger partial charge in [0.15, 0.2) is 0 Å². The molecule has 134 valence electrons. The van der Waals surface area contributed by atoms with E-state index in [0.717, 1.165) is 30.0 Å². The monoisotopic (exact) mass is 342 g/mol. The van der Waals surface area contributed by atoms with Gasteiger partial charge in [0.25, 0.3) is 0 Å². The minimum absolute atomic E-state index is 0.0728. The molecule has 1 aromatic carbocycles. The fourth-order valence-corrected chi connectivity index (χ4v) is 3.40. The van der Waals surface area contributed by atoms with E-state index < -0.39 is 0 Å². The zero-order valence-electron chi connectivity index (χ0n) is 15.4. The lowest BCUT2D eigenvalue weighted by atomic mass is 9.90. The Bertz CT molecular complexity index is 736. The number of aryl methyl sites for hydroxylation is 2. The fraction of sp³-hybridized carbons (Fsp3) is 0.474. The number of anilines is 1. The third-order valence-electron chi connectivity index (χ3n) is 5.02. The first-order chi connectivity index (χ1) is 12.0. The summed E-state index contributed by atoms with van der Waals surface area (Å²) in [5, 5.41) is 7.02. The number of hydrogen-bond donors (Lipinski definition) is 1. The lowest BCUT2D eigenvalue weighted by molar-refractivity contribution is 0.205. The van der Waals surface area contributed by atoms with Gasteiger partial charge in [0.05, 0.1) is 12.2 Å². The summed E-state index contributed by atoms with van der Waals surface area (Å²) in [5.41, 5.74) is 4.38. The molecule has 0 saturated heterocycles. The second-order valence-corrected chi connectivity index (χ2v) is 6.81. The number of carbonyl (C=O) groups excluding carboxylic acids is 1. The van der Waals surface area contributed by atoms with Crippen molar-refractivity contribution >= 4 is 11.7 Å². The molecule has 1 unspecified atom stereocenters. The minimum atomic E-state index is -0.0728. The maximum atomic E-state index is 12.5. The molecule has 2 heterocycles. The van der Waals surface area contributed by atoms with Gasteiger partial charge in [-0.3, -0.25) is 0 Å². The normalized spacial score (nSPS) is 16.5. The summed E-state index contributed by atoms with van der Waals surface area (Å²) < 4.78 is 5.17. The Morgan fingerprint density at radius 1 is 1.40 bits per heavy atom. The van der Waals surface area contributed by atoms with Crippen LogP contribution in [0.25, 0.3) is 0 Å². The quantitative estimate of drug-likeness (QED) is 0.928. The molecule has 2 amide bonds. The maximum Gasteiger partial charge on any atom is 0.317 e. The van der Waals surface area contributed by atoms with Crippen LogP contribution >= 0.6 is 0 Å². The van der Waals surface area contributed by atoms with Gasteiger partial charge >= 0.3 is 6.03 Å². The highest BCUT2D eigenvalue weighted by molar-refractivity contribution is 5.74. The number of para-hydroxylation sites is 1. The third-order valence-corrected chi connectivity index (χ3v) is 5.02. The Hall–Kier alpha value is -2.50. The highest BCUT2D eigenvalue weighted by Gasteiger charge is 2.24. The smallest absolute Gasteiger partial charge is 0.317 e. The topological polar surface area (TPSA) is 61.6 Å². The number of nitrogens with one attached hydrogen (secondary N) is 1. The number of hydrogen-bond acceptors (Lipinski definition) is 4. The average Bonchev–Trinajstić information content (AvgIpc) is 2.93. The molecule has 1 aromatic heterocycles. The van der Waals surface area contributed by atoms with Crippen molar-refractivity contribution in [2.24, 2.45) is 0 Å². The van der Waals surface area contributed by atoms with Crippen molar-refractivity contribution < 1.29 is 9.32 Å². The summed E-state index contributed by atoms with van der Waals surface area (Å²) >= 11 is 0. The van der Waals surface area contributed by atoms with Gasteiger partial charge in [0, 0.05) is 44.4 Å². The summed E-state index contributed by atoms with van der Waals surface area (Å²) in [5.74, 6) is 1.12. The zero-order chi connectivity index (χ0) is 18.0. The van der Waals surface area contributed by atoms with E-state index in [1.54, 1.807) is 11.9 Å². The first-order valence-corrected chi connectivity index (χ1v) is 8.68. The lowest BCUT2D eigenvalue weighted by Crippen LogP contribution is -2.40. The molecule has 25 heavy (non-hydrogen) atoms. The summed E-state index contributed by atoms with van der Waals surface area (Å²) in [7, 11) is 3.91. The Labute approximate surface area is 148 Å². The Morgan fingerprint density at radius 2 is 2.16 bits per heavy atom. The van der Waals surface area contributed by atoms with Crippen LogP contribution in [0.1, 0.15) is 34.9 Å². The first kappa shape index (κ1) is 17.3. The van der Waals surface area contributed by atoms with Crippen LogP contribution < -0.4 is 10.2 Å². The van der Waals surface area contributed by atoms with E-state index in [1.807, 2.05) is 13.8 Å². The SMILES string of the molecule is Cc1noc(C)c1CN(C)C(=O)NCC1CCN(C)c2ccccc21. The van der Waals surface area contributed by atoms with Crippen LogP contribution in [0.4, 0.5) is 10.5 Å². The van der Waals surface area contributed by atoms with Crippen LogP contribution in [0.3, 0.4) is 0 Å². The van der Waals surface area contributed by atoms with Crippen molar-refractivity contribution in [3.8, 4) is 0 Å². The van der Waals surface area contributed by atoms with E-state index >= 15 is 0 Å². The van der Waals surface area contributed by atoms with Gasteiger partial charge in [-0.15, -0.1) is 0 Å². The molecule has 0 bridgehead atoms. The summed E-state index contributed by atoms with van der Waals surface area (Å²) in [4.78, 5) is 16.4. The van der Waals surface area contributed by atoms with Crippen molar-refractivity contribution in [1.29, 1.82) is 0 Å². The first-order valence-electron chi connectivity index (χ1n) is 8.68. The minimum Gasteiger partial charge on any atom is -0.374 e. The van der Waals surface area contributed by atoms with E-state index in [2.05, 4.69) is 46.7 Å². The van der Waals surface area contributed by atoms with Crippen molar-refractivity contribution in [3.63, 3.8) is 0 Å². The number of fused-ring (bicyclic) bond motifs is 1. The number of nitrogens with zero attached hydrogens (tertiary/aromatic N) is 3. The van der Waals surface area contributed by atoms with Crippen molar-refractivity contribution in [2.75, 3.05) is 32.1 Å². The molecule has 0 aliphatic carbocycles. The highest BCUT2D eigenvalue weighted by atomic mass is 16.5. The van der Waals surface area contributed by atoms with Gasteiger partial charge in [0.2, 0.25) is 0 Å². The van der Waals surface area contributed by atoms with E-state index in [-0.39, 0.29) is 6.03 Å². The van der Waals surface area contributed by atoms with Crippen molar-refractivity contribution in [3.05, 3.63) is 46.8 Å². The molecule has 0 fully saturated rings. The molecule has 6 heteroatoms. The van der Waals surface area contributed by atoms with Crippen LogP contribution in [0.15, 0.2) is 28.8 Å². The molecule has 2 aromatic rings. The van der Waals surface area contributed by atoms with Crippen molar-refractivity contribution in [1.82, 2.24) is 15.4 Å². The summed E-state index contributed by atoms with van der Waals surface area (Å²) in [6.07, 6.45) is 1.04. The van der Waals surface area contributed by atoms with Crippen LogP contribution in [0, 0.1) is 13.8 Å². The van der Waals surface area contributed by atoms with Crippen LogP contribution in [0.5, 0.6) is 0 Å². The molecule has 1 N–H and O–H groups in total. The van der Waals surface area contributed by atoms with E-state index in [4.69, 9.17) is 4.52 Å². The van der Waals surface area contributed by atoms with Gasteiger partial charge in [-0.2, -0.15) is 0 Å². The summed E-state index contributed by atoms with van der Waals surface area (Å²) in [6, 6.07) is 8.36. The Kier molecular flexibility index (Phi) is 4.97. The number of benzene rings is 1. The van der Waals surface area contributed by atoms with Gasteiger partial charge < -0.3 is 19.6 Å². The fourth-order valence-electron chi connectivity index (χ4n) is 3.40. The highest BCUT2D eigenvalue weighted by Crippen LogP contribution is 2.33. The molecule has 1 atom stereocenters. The van der Waals surface area contributed by atoms with E-state index in [9.17, 15) is 4.79 Å². The summed E-state index contributed by atoms with van der Waals surface area (Å²) in [6.45, 7) is 5.92. The van der Waals surface area contributed by atoms with Crippen LogP contribution in [-0.2, 0) is 6.54 Å². The van der Waals surface area contributed by atoms with Crippen LogP contribution in [-0.4, -0.2) is 43.3 Å². The molecule has 1 aliphatic heterocycles. The molecule has 6 nitrogen and oxygen atoms in total. The maximum absolute atomic E-state index is 12.5. The predicted molar refractivity (Wildman–Crippen MR) is 97.9 cm³/mol. The molecule has 1 aliphatic rings. The molecule has 3 rings (SSSR count). The largest absolute Gasteiger partial charge is 0.374 e. The predicted octanol–water partition coefficient (Wildman–Crippen LogP) is 3.06. The van der Waals surface area contributed by atoms with Gasteiger partial charge in [-0.25, -0.2) is 4.79 Å². The second-order valence-electron chi connectivity index (χ2n) is 6.81. The number of amides is 2. The van der Waals surface area contributed by atoms with Crippen molar-refractivity contribution in [2.45, 2.75) is 32.7 Å². The average molecular weight is 342 g/mol. The second kappa shape index (κ2) is 7.17. The van der Waals surface area contributed by atoms with E-state index in [1.165, 1.54) is 11.3 Å². The van der Waals surface area contributed by atoms with Gasteiger partial charge in [0.1, 0.15) is 5.76 Å². The lowest BCUT2D eigenvalue weighted by Gasteiger charge is -2.33. The molecule has 0 spiro atoms. The van der Waals surface area contributed by atoms with Crippen LogP contribution in [0.2, 0.25) is 0 Å². The molecule has 0 saturated carbocycles. The van der Waals surface area contributed by atoms with Gasteiger partial charge in [-0.1, -0.05) is 23.4 Å². The van der Waals surface area contributed by atoms with E-state index in [0.29, 0.717) is 19.0 Å². The number of urea groups is 1. The third kappa shape index (κ3) is 3.62. The zero-order valence-corrected chi connectivity index (χ0v) is 15.4. The number of rotatable bonds is 4. The Morgan fingerprint density at radius 3 is 2.88 bits per heavy atom. The van der Waals surface area contributed by atoms with Gasteiger partial charge in [-0.05, 0) is 31.9 Å².